The van der Waals surface area contributed by atoms with E-state index in [0.717, 1.165) is 30.7 Å². The lowest BCUT2D eigenvalue weighted by molar-refractivity contribution is -0.145. The zero-order valence-corrected chi connectivity index (χ0v) is 24.7. The molecule has 2 saturated heterocycles. The number of carbonyl (C=O) groups excluding carboxylic acids is 3. The number of fused-ring (bicyclic) bond motifs is 2. The minimum absolute atomic E-state index is 0.0930. The van der Waals surface area contributed by atoms with Gasteiger partial charge < -0.3 is 24.5 Å². The molecule has 5 rings (SSSR count). The average Bonchev–Trinajstić information content (AvgIpc) is 3.22. The topological polar surface area (TPSA) is 90.4 Å². The number of benzene rings is 1. The van der Waals surface area contributed by atoms with E-state index in [4.69, 9.17) is 4.74 Å². The van der Waals surface area contributed by atoms with Crippen LogP contribution >= 0.6 is 11.8 Å². The molecule has 9 heteroatoms. The molecule has 0 saturated carbocycles. The first-order valence-electron chi connectivity index (χ1n) is 14.5. The zero-order chi connectivity index (χ0) is 28.7. The molecule has 0 aliphatic carbocycles. The monoisotopic (exact) mass is 567 g/mol. The van der Waals surface area contributed by atoms with Gasteiger partial charge in [0, 0.05) is 30.1 Å². The molecule has 2 fully saturated rings. The number of thioether (sulfide) groups is 1. The van der Waals surface area contributed by atoms with E-state index < -0.39 is 33.4 Å². The first-order valence-corrected chi connectivity index (χ1v) is 15.4. The summed E-state index contributed by atoms with van der Waals surface area (Å²) in [4.78, 5) is 48.2. The lowest BCUT2D eigenvalue weighted by atomic mass is 9.74. The van der Waals surface area contributed by atoms with Gasteiger partial charge in [0.05, 0.1) is 35.8 Å². The number of hydrogen-bond donors (Lipinski definition) is 1. The summed E-state index contributed by atoms with van der Waals surface area (Å²) in [6, 6.07) is 6.14. The Balaban J connectivity index is 1.56. The summed E-state index contributed by atoms with van der Waals surface area (Å²) >= 11 is 1.57. The second kappa shape index (κ2) is 11.2. The largest absolute Gasteiger partial charge is 0.494 e. The fraction of sp³-hybridized carbons (Fsp3) is 0.581. The molecule has 0 bridgehead atoms. The molecule has 8 nitrogen and oxygen atoms in total. The van der Waals surface area contributed by atoms with E-state index in [2.05, 4.69) is 13.0 Å². The van der Waals surface area contributed by atoms with Gasteiger partial charge in [-0.1, -0.05) is 44.1 Å². The third-order valence-electron chi connectivity index (χ3n) is 8.81. The molecule has 4 heterocycles. The van der Waals surface area contributed by atoms with Gasteiger partial charge in [0.2, 0.25) is 17.7 Å². The number of aliphatic hydroxyl groups is 1. The van der Waals surface area contributed by atoms with Gasteiger partial charge in [0.15, 0.2) is 0 Å². The standard InChI is InChI=1S/C31H41N3O5S/c1-5-7-8-17-32-18-10-16-31-25(28(37)34(21(3)20-35)26(31)29(32)38)24-27(36)33(19-9-15-30(24,4)40-31)22-11-13-23(14-12-22)39-6-2/h9-16,21,24-26,35H,5-8,17-20H2,1-4H3/t21-,24-,25+,26?,30+,31+/m1/s1. The van der Waals surface area contributed by atoms with Crippen molar-refractivity contribution in [2.45, 2.75) is 68.5 Å². The van der Waals surface area contributed by atoms with E-state index in [1.54, 1.807) is 28.5 Å². The third-order valence-corrected chi connectivity index (χ3v) is 10.6. The van der Waals surface area contributed by atoms with Crippen molar-refractivity contribution < 1.29 is 24.2 Å². The van der Waals surface area contributed by atoms with Gasteiger partial charge >= 0.3 is 0 Å². The van der Waals surface area contributed by atoms with Crippen LogP contribution in [0.3, 0.4) is 0 Å². The fourth-order valence-electron chi connectivity index (χ4n) is 6.94. The van der Waals surface area contributed by atoms with E-state index in [-0.39, 0.29) is 24.3 Å². The quantitative estimate of drug-likeness (QED) is 0.362. The summed E-state index contributed by atoms with van der Waals surface area (Å²) < 4.78 is 4.01. The Hall–Kier alpha value is -2.78. The Morgan fingerprint density at radius 2 is 1.73 bits per heavy atom. The van der Waals surface area contributed by atoms with Gasteiger partial charge in [-0.05, 0) is 51.5 Å². The molecular formula is C31H41N3O5S. The minimum Gasteiger partial charge on any atom is -0.494 e. The molecule has 1 unspecified atom stereocenters. The molecule has 4 aliphatic rings. The third kappa shape index (κ3) is 4.55. The van der Waals surface area contributed by atoms with Crippen molar-refractivity contribution in [1.82, 2.24) is 9.80 Å². The summed E-state index contributed by atoms with van der Waals surface area (Å²) in [5.74, 6) is -1.10. The van der Waals surface area contributed by atoms with Crippen LogP contribution in [0.25, 0.3) is 0 Å². The predicted molar refractivity (Wildman–Crippen MR) is 157 cm³/mol. The van der Waals surface area contributed by atoms with E-state index in [1.165, 1.54) is 0 Å². The van der Waals surface area contributed by atoms with Crippen molar-refractivity contribution in [3.8, 4) is 5.75 Å². The van der Waals surface area contributed by atoms with Gasteiger partial charge in [0.1, 0.15) is 11.8 Å². The number of likely N-dealkylation sites (tertiary alicyclic amines) is 1. The summed E-state index contributed by atoms with van der Waals surface area (Å²) in [5.41, 5.74) is 0.741. The molecule has 1 N–H and O–H groups in total. The summed E-state index contributed by atoms with van der Waals surface area (Å²) in [6.45, 7) is 9.66. The van der Waals surface area contributed by atoms with Crippen molar-refractivity contribution in [3.63, 3.8) is 0 Å². The normalized spacial score (nSPS) is 32.1. The van der Waals surface area contributed by atoms with E-state index >= 15 is 0 Å². The molecule has 1 spiro atoms. The van der Waals surface area contributed by atoms with Gasteiger partial charge in [-0.25, -0.2) is 0 Å². The number of ether oxygens (including phenoxy) is 1. The summed E-state index contributed by atoms with van der Waals surface area (Å²) in [5, 5.41) is 10.2. The molecule has 0 aromatic heterocycles. The number of hydrogen-bond acceptors (Lipinski definition) is 6. The smallest absolute Gasteiger partial charge is 0.247 e. The van der Waals surface area contributed by atoms with Crippen LogP contribution in [0, 0.1) is 11.8 Å². The molecule has 3 amide bonds. The maximum Gasteiger partial charge on any atom is 0.247 e. The Morgan fingerprint density at radius 1 is 1.00 bits per heavy atom. The number of carbonyl (C=O) groups is 3. The first kappa shape index (κ1) is 28.7. The van der Waals surface area contributed by atoms with Crippen LogP contribution in [-0.4, -0.2) is 87.1 Å². The molecule has 6 atom stereocenters. The maximum absolute atomic E-state index is 14.5. The van der Waals surface area contributed by atoms with Crippen LogP contribution in [-0.2, 0) is 14.4 Å². The average molecular weight is 568 g/mol. The Kier molecular flexibility index (Phi) is 8.08. The molecule has 216 valence electrons. The molecule has 0 radical (unpaired) electrons. The SMILES string of the molecule is CCCCCN1CC=C[C@]23S[C@@]4(C)C=CCN(c5ccc(OCC)cc5)C(=O)[C@H]4[C@H]2C(=O)N([C@H](C)CO)C3C1=O. The van der Waals surface area contributed by atoms with Crippen LogP contribution < -0.4 is 9.64 Å². The second-order valence-corrected chi connectivity index (χ2v) is 13.2. The molecule has 40 heavy (non-hydrogen) atoms. The second-order valence-electron chi connectivity index (χ2n) is 11.4. The Morgan fingerprint density at radius 3 is 2.40 bits per heavy atom. The molecule has 1 aromatic carbocycles. The van der Waals surface area contributed by atoms with Crippen molar-refractivity contribution in [2.24, 2.45) is 11.8 Å². The molecule has 1 aromatic rings. The number of anilines is 1. The zero-order valence-electron chi connectivity index (χ0n) is 23.9. The summed E-state index contributed by atoms with van der Waals surface area (Å²) in [7, 11) is 0. The number of rotatable bonds is 9. The lowest BCUT2D eigenvalue weighted by Gasteiger charge is -2.38. The lowest BCUT2D eigenvalue weighted by Crippen LogP contribution is -2.56. The highest BCUT2D eigenvalue weighted by atomic mass is 32.2. The maximum atomic E-state index is 14.5. The number of unbranched alkanes of at least 4 members (excludes halogenated alkanes) is 2. The number of amides is 3. The number of aliphatic hydroxyl groups excluding tert-OH is 1. The van der Waals surface area contributed by atoms with Crippen LogP contribution in [0.15, 0.2) is 48.6 Å². The van der Waals surface area contributed by atoms with Gasteiger partial charge in [-0.3, -0.25) is 14.4 Å². The fourth-order valence-corrected chi connectivity index (χ4v) is 9.09. The minimum atomic E-state index is -0.904. The van der Waals surface area contributed by atoms with Crippen molar-refractivity contribution >= 4 is 35.2 Å². The van der Waals surface area contributed by atoms with Gasteiger partial charge in [-0.15, -0.1) is 11.8 Å². The number of nitrogens with zero attached hydrogens (tertiary/aromatic N) is 3. The molecular weight excluding hydrogens is 526 g/mol. The van der Waals surface area contributed by atoms with E-state index in [9.17, 15) is 19.5 Å². The Bertz CT molecular complexity index is 1200. The summed E-state index contributed by atoms with van der Waals surface area (Å²) in [6.07, 6.45) is 11.1. The van der Waals surface area contributed by atoms with Crippen LogP contribution in [0.4, 0.5) is 5.69 Å². The highest BCUT2D eigenvalue weighted by Crippen LogP contribution is 2.65. The van der Waals surface area contributed by atoms with Crippen molar-refractivity contribution in [3.05, 3.63) is 48.6 Å². The predicted octanol–water partition coefficient (Wildman–Crippen LogP) is 3.65. The van der Waals surface area contributed by atoms with E-state index in [1.807, 2.05) is 61.2 Å². The van der Waals surface area contributed by atoms with Crippen LogP contribution in [0.5, 0.6) is 5.75 Å². The van der Waals surface area contributed by atoms with Gasteiger partial charge in [0.25, 0.3) is 0 Å². The highest BCUT2D eigenvalue weighted by Gasteiger charge is 2.74. The first-order chi connectivity index (χ1) is 19.2. The van der Waals surface area contributed by atoms with Crippen LogP contribution in [0.1, 0.15) is 47.0 Å². The van der Waals surface area contributed by atoms with Crippen molar-refractivity contribution in [1.29, 1.82) is 0 Å². The Labute approximate surface area is 241 Å². The van der Waals surface area contributed by atoms with Gasteiger partial charge in [-0.2, -0.15) is 0 Å². The highest BCUT2D eigenvalue weighted by molar-refractivity contribution is 8.02. The molecule has 4 aliphatic heterocycles. The van der Waals surface area contributed by atoms with Crippen LogP contribution in [0.2, 0.25) is 0 Å². The van der Waals surface area contributed by atoms with Crippen molar-refractivity contribution in [2.75, 3.05) is 37.7 Å². The van der Waals surface area contributed by atoms with E-state index in [0.29, 0.717) is 26.2 Å².